The minimum absolute atomic E-state index is 0.0158. The third kappa shape index (κ3) is 6.42. The fraction of sp³-hybridized carbons (Fsp3) is 0.692. The monoisotopic (exact) mass is 301 g/mol. The molecular weight excluding hydrogens is 278 g/mol. The number of carbonyl (C=O) groups is 1. The van der Waals surface area contributed by atoms with Crippen molar-refractivity contribution in [3.63, 3.8) is 0 Å². The van der Waals surface area contributed by atoms with Crippen LogP contribution in [0.3, 0.4) is 0 Å². The molecule has 20 heavy (non-hydrogen) atoms. The third-order valence-corrected chi connectivity index (χ3v) is 3.35. The van der Waals surface area contributed by atoms with E-state index in [1.165, 1.54) is 11.3 Å². The van der Waals surface area contributed by atoms with Gasteiger partial charge in [0, 0.05) is 18.5 Å². The molecule has 6 nitrogen and oxygen atoms in total. The minimum Gasteiger partial charge on any atom is -0.382 e. The van der Waals surface area contributed by atoms with E-state index < -0.39 is 0 Å². The molecule has 0 spiro atoms. The van der Waals surface area contributed by atoms with Gasteiger partial charge in [-0.1, -0.05) is 6.92 Å². The smallest absolute Gasteiger partial charge is 0.252 e. The second kappa shape index (κ2) is 9.82. The van der Waals surface area contributed by atoms with Crippen LogP contribution in [-0.4, -0.2) is 44.4 Å². The maximum atomic E-state index is 11.6. The fourth-order valence-electron chi connectivity index (χ4n) is 1.47. The Morgan fingerprint density at radius 3 is 3.00 bits per heavy atom. The molecule has 1 atom stereocenters. The summed E-state index contributed by atoms with van der Waals surface area (Å²) < 4.78 is 9.97. The second-order valence-electron chi connectivity index (χ2n) is 4.35. The lowest BCUT2D eigenvalue weighted by Gasteiger charge is -2.09. The number of methoxy groups -OCH3 is 1. The SMILES string of the molecule is CCCNC(C)c1csc(NC(=O)COCCOC)n1. The molecule has 1 rings (SSSR count). The average Bonchev–Trinajstić information content (AvgIpc) is 2.89. The van der Waals surface area contributed by atoms with Crippen molar-refractivity contribution in [3.8, 4) is 0 Å². The zero-order valence-electron chi connectivity index (χ0n) is 12.3. The number of aromatic nitrogens is 1. The van der Waals surface area contributed by atoms with E-state index in [0.29, 0.717) is 18.3 Å². The Balaban J connectivity index is 2.33. The van der Waals surface area contributed by atoms with Crippen LogP contribution >= 0.6 is 11.3 Å². The van der Waals surface area contributed by atoms with Crippen LogP contribution in [0, 0.1) is 0 Å². The van der Waals surface area contributed by atoms with Gasteiger partial charge in [-0.3, -0.25) is 10.1 Å². The quantitative estimate of drug-likeness (QED) is 0.645. The van der Waals surface area contributed by atoms with Crippen molar-refractivity contribution in [1.82, 2.24) is 10.3 Å². The van der Waals surface area contributed by atoms with Gasteiger partial charge in [0.1, 0.15) is 6.61 Å². The Bertz CT molecular complexity index is 398. The number of carbonyl (C=O) groups excluding carboxylic acids is 1. The van der Waals surface area contributed by atoms with Gasteiger partial charge in [0.25, 0.3) is 5.91 Å². The molecule has 0 aliphatic carbocycles. The van der Waals surface area contributed by atoms with E-state index in [4.69, 9.17) is 9.47 Å². The number of nitrogens with zero attached hydrogens (tertiary/aromatic N) is 1. The van der Waals surface area contributed by atoms with Crippen LogP contribution in [0.4, 0.5) is 5.13 Å². The predicted octanol–water partition coefficient (Wildman–Crippen LogP) is 1.81. The first-order valence-electron chi connectivity index (χ1n) is 6.72. The maximum Gasteiger partial charge on any atom is 0.252 e. The standard InChI is InChI=1S/C13H23N3O3S/c1-4-5-14-10(2)11-9-20-13(15-11)16-12(17)8-19-7-6-18-3/h9-10,14H,4-8H2,1-3H3,(H,15,16,17). The molecule has 1 amide bonds. The van der Waals surface area contributed by atoms with Crippen LogP contribution in [-0.2, 0) is 14.3 Å². The molecule has 0 aliphatic rings. The molecule has 7 heteroatoms. The van der Waals surface area contributed by atoms with E-state index in [1.54, 1.807) is 7.11 Å². The Kier molecular flexibility index (Phi) is 8.36. The highest BCUT2D eigenvalue weighted by Gasteiger charge is 2.11. The molecular formula is C13H23N3O3S. The Morgan fingerprint density at radius 2 is 2.30 bits per heavy atom. The molecule has 0 radical (unpaired) electrons. The summed E-state index contributed by atoms with van der Waals surface area (Å²) in [6, 6.07) is 0.190. The zero-order chi connectivity index (χ0) is 14.8. The van der Waals surface area contributed by atoms with Crippen LogP contribution in [0.5, 0.6) is 0 Å². The van der Waals surface area contributed by atoms with Gasteiger partial charge in [-0.15, -0.1) is 11.3 Å². The summed E-state index contributed by atoms with van der Waals surface area (Å²) in [5.41, 5.74) is 0.944. The minimum atomic E-state index is -0.198. The lowest BCUT2D eigenvalue weighted by molar-refractivity contribution is -0.121. The van der Waals surface area contributed by atoms with Crippen molar-refractivity contribution in [2.45, 2.75) is 26.3 Å². The van der Waals surface area contributed by atoms with Crippen LogP contribution in [0.15, 0.2) is 5.38 Å². The Hall–Kier alpha value is -1.02. The molecule has 0 aliphatic heterocycles. The van der Waals surface area contributed by atoms with Crippen LogP contribution in [0.2, 0.25) is 0 Å². The maximum absolute atomic E-state index is 11.6. The molecule has 1 aromatic rings. The van der Waals surface area contributed by atoms with Gasteiger partial charge >= 0.3 is 0 Å². The molecule has 0 saturated heterocycles. The Morgan fingerprint density at radius 1 is 1.50 bits per heavy atom. The van der Waals surface area contributed by atoms with Crippen molar-refractivity contribution in [1.29, 1.82) is 0 Å². The molecule has 0 fully saturated rings. The number of anilines is 1. The van der Waals surface area contributed by atoms with Gasteiger partial charge in [0.15, 0.2) is 5.13 Å². The van der Waals surface area contributed by atoms with E-state index in [0.717, 1.165) is 18.7 Å². The van der Waals surface area contributed by atoms with E-state index in [2.05, 4.69) is 29.5 Å². The molecule has 1 aromatic heterocycles. The molecule has 2 N–H and O–H groups in total. The summed E-state index contributed by atoms with van der Waals surface area (Å²) in [5.74, 6) is -0.198. The van der Waals surface area contributed by atoms with Gasteiger partial charge < -0.3 is 14.8 Å². The molecule has 1 unspecified atom stereocenters. The molecule has 0 bridgehead atoms. The average molecular weight is 301 g/mol. The number of nitrogens with one attached hydrogen (secondary N) is 2. The number of amides is 1. The first-order valence-corrected chi connectivity index (χ1v) is 7.60. The first-order chi connectivity index (χ1) is 9.67. The number of thiazole rings is 1. The number of hydrogen-bond acceptors (Lipinski definition) is 6. The van der Waals surface area contributed by atoms with E-state index in [-0.39, 0.29) is 18.6 Å². The highest BCUT2D eigenvalue weighted by atomic mass is 32.1. The van der Waals surface area contributed by atoms with Gasteiger partial charge in [-0.2, -0.15) is 0 Å². The van der Waals surface area contributed by atoms with Gasteiger partial charge in [0.2, 0.25) is 0 Å². The third-order valence-electron chi connectivity index (χ3n) is 2.58. The van der Waals surface area contributed by atoms with Gasteiger partial charge in [0.05, 0.1) is 18.9 Å². The number of rotatable bonds is 10. The van der Waals surface area contributed by atoms with Crippen LogP contribution in [0.25, 0.3) is 0 Å². The molecule has 0 saturated carbocycles. The molecule has 0 aromatic carbocycles. The highest BCUT2D eigenvalue weighted by molar-refractivity contribution is 7.13. The second-order valence-corrected chi connectivity index (χ2v) is 5.21. The normalized spacial score (nSPS) is 12.3. The summed E-state index contributed by atoms with van der Waals surface area (Å²) in [6.45, 7) is 6.04. The van der Waals surface area contributed by atoms with Crippen molar-refractivity contribution in [2.24, 2.45) is 0 Å². The van der Waals surface area contributed by atoms with E-state index in [1.807, 2.05) is 5.38 Å². The van der Waals surface area contributed by atoms with Gasteiger partial charge in [-0.05, 0) is 19.9 Å². The summed E-state index contributed by atoms with van der Waals surface area (Å²) >= 11 is 1.42. The van der Waals surface area contributed by atoms with E-state index in [9.17, 15) is 4.79 Å². The lowest BCUT2D eigenvalue weighted by Crippen LogP contribution is -2.21. The summed E-state index contributed by atoms with van der Waals surface area (Å²) in [7, 11) is 1.59. The molecule has 114 valence electrons. The van der Waals surface area contributed by atoms with Crippen molar-refractivity contribution in [2.75, 3.05) is 38.8 Å². The van der Waals surface area contributed by atoms with E-state index >= 15 is 0 Å². The molecule has 1 heterocycles. The topological polar surface area (TPSA) is 72.5 Å². The summed E-state index contributed by atoms with van der Waals surface area (Å²) in [6.07, 6.45) is 1.08. The van der Waals surface area contributed by atoms with Crippen molar-refractivity contribution >= 4 is 22.4 Å². The van der Waals surface area contributed by atoms with Crippen LogP contribution in [0.1, 0.15) is 32.0 Å². The summed E-state index contributed by atoms with van der Waals surface area (Å²) in [5, 5.41) is 8.64. The fourth-order valence-corrected chi connectivity index (χ4v) is 2.29. The zero-order valence-corrected chi connectivity index (χ0v) is 13.1. The number of ether oxygens (including phenoxy) is 2. The van der Waals surface area contributed by atoms with Crippen LogP contribution < -0.4 is 10.6 Å². The van der Waals surface area contributed by atoms with Gasteiger partial charge in [-0.25, -0.2) is 4.98 Å². The van der Waals surface area contributed by atoms with Crippen molar-refractivity contribution < 1.29 is 14.3 Å². The largest absolute Gasteiger partial charge is 0.382 e. The number of hydrogen-bond donors (Lipinski definition) is 2. The highest BCUT2D eigenvalue weighted by Crippen LogP contribution is 2.20. The Labute approximate surface area is 123 Å². The summed E-state index contributed by atoms with van der Waals surface area (Å²) in [4.78, 5) is 16.0. The van der Waals surface area contributed by atoms with Crippen molar-refractivity contribution in [3.05, 3.63) is 11.1 Å². The predicted molar refractivity (Wildman–Crippen MR) is 80.1 cm³/mol. The lowest BCUT2D eigenvalue weighted by atomic mass is 10.2. The first kappa shape index (κ1) is 17.0.